The van der Waals surface area contributed by atoms with Crippen molar-refractivity contribution in [2.24, 2.45) is 0 Å². The fraction of sp³-hybridized carbons (Fsp3) is 0.333. The summed E-state index contributed by atoms with van der Waals surface area (Å²) < 4.78 is 13.7. The van der Waals surface area contributed by atoms with E-state index in [9.17, 15) is 4.39 Å². The summed E-state index contributed by atoms with van der Waals surface area (Å²) in [5.74, 6) is -0.369. The third-order valence-electron chi connectivity index (χ3n) is 4.64. The van der Waals surface area contributed by atoms with Crippen molar-refractivity contribution in [1.82, 2.24) is 10.3 Å². The van der Waals surface area contributed by atoms with E-state index in [-0.39, 0.29) is 10.8 Å². The Balaban J connectivity index is 1.59. The van der Waals surface area contributed by atoms with E-state index < -0.39 is 0 Å². The molecule has 0 aliphatic heterocycles. The lowest BCUT2D eigenvalue weighted by molar-refractivity contribution is 0.630. The number of halogens is 2. The van der Waals surface area contributed by atoms with Crippen LogP contribution in [0.5, 0.6) is 0 Å². The molecule has 132 valence electrons. The minimum absolute atomic E-state index is 0.154. The number of aromatic amines is 1. The number of benzene rings is 2. The van der Waals surface area contributed by atoms with Gasteiger partial charge in [0.1, 0.15) is 5.82 Å². The molecular weight excluding hydrogens is 335 g/mol. The first-order valence-corrected chi connectivity index (χ1v) is 9.20. The average molecular weight is 359 g/mol. The first kappa shape index (κ1) is 18.0. The average Bonchev–Trinajstić information content (AvgIpc) is 2.97. The van der Waals surface area contributed by atoms with Crippen molar-refractivity contribution in [3.05, 3.63) is 69.6 Å². The van der Waals surface area contributed by atoms with Gasteiger partial charge in [-0.05, 0) is 60.7 Å². The molecule has 0 saturated carbocycles. The first-order chi connectivity index (χ1) is 12.1. The first-order valence-electron chi connectivity index (χ1n) is 8.82. The third-order valence-corrected chi connectivity index (χ3v) is 4.93. The fourth-order valence-corrected chi connectivity index (χ4v) is 3.37. The lowest BCUT2D eigenvalue weighted by Crippen LogP contribution is -2.16. The highest BCUT2D eigenvalue weighted by molar-refractivity contribution is 6.31. The van der Waals surface area contributed by atoms with E-state index in [0.29, 0.717) is 0 Å². The number of hydrogen-bond acceptors (Lipinski definition) is 1. The van der Waals surface area contributed by atoms with Gasteiger partial charge in [0.15, 0.2) is 0 Å². The Morgan fingerprint density at radius 1 is 1.12 bits per heavy atom. The maximum absolute atomic E-state index is 13.7. The second-order valence-electron chi connectivity index (χ2n) is 6.56. The van der Waals surface area contributed by atoms with Crippen LogP contribution in [0.1, 0.15) is 35.6 Å². The molecule has 0 aliphatic carbocycles. The molecule has 0 unspecified atom stereocenters. The maximum atomic E-state index is 13.7. The van der Waals surface area contributed by atoms with Crippen molar-refractivity contribution in [2.45, 2.75) is 39.7 Å². The second-order valence-corrected chi connectivity index (χ2v) is 6.97. The lowest BCUT2D eigenvalue weighted by atomic mass is 10.0. The highest BCUT2D eigenvalue weighted by Crippen LogP contribution is 2.25. The van der Waals surface area contributed by atoms with Gasteiger partial charge in [-0.25, -0.2) is 4.39 Å². The van der Waals surface area contributed by atoms with Gasteiger partial charge in [0.25, 0.3) is 0 Å². The van der Waals surface area contributed by atoms with Gasteiger partial charge < -0.3 is 10.3 Å². The monoisotopic (exact) mass is 358 g/mol. The van der Waals surface area contributed by atoms with Crippen molar-refractivity contribution in [3.63, 3.8) is 0 Å². The van der Waals surface area contributed by atoms with Crippen LogP contribution in [0.2, 0.25) is 5.02 Å². The Kier molecular flexibility index (Phi) is 5.77. The number of rotatable bonds is 7. The summed E-state index contributed by atoms with van der Waals surface area (Å²) >= 11 is 5.83. The Morgan fingerprint density at radius 2 is 1.96 bits per heavy atom. The van der Waals surface area contributed by atoms with Crippen LogP contribution in [0.25, 0.3) is 10.9 Å². The topological polar surface area (TPSA) is 27.8 Å². The van der Waals surface area contributed by atoms with Crippen LogP contribution in [-0.4, -0.2) is 11.5 Å². The standard InChI is InChI=1S/C21H24ClFN2/c1-3-4-16-9-15(6-5-14(16)2)12-24-8-7-17-13-25-21-11-19(22)20(23)10-18(17)21/h5-6,9-11,13,24-25H,3-4,7-8,12H2,1-2H3. The van der Waals surface area contributed by atoms with Crippen LogP contribution in [0.3, 0.4) is 0 Å². The molecule has 0 fully saturated rings. The van der Waals surface area contributed by atoms with Crippen molar-refractivity contribution in [2.75, 3.05) is 6.54 Å². The SMILES string of the molecule is CCCc1cc(CNCCc2c[nH]c3cc(Cl)c(F)cc23)ccc1C. The molecule has 2 aromatic carbocycles. The van der Waals surface area contributed by atoms with Crippen molar-refractivity contribution >= 4 is 22.5 Å². The number of fused-ring (bicyclic) bond motifs is 1. The van der Waals surface area contributed by atoms with Crippen molar-refractivity contribution < 1.29 is 4.39 Å². The molecule has 0 aliphatic rings. The van der Waals surface area contributed by atoms with E-state index in [4.69, 9.17) is 11.6 Å². The third kappa shape index (κ3) is 4.23. The van der Waals surface area contributed by atoms with Gasteiger partial charge in [-0.2, -0.15) is 0 Å². The Labute approximate surface area is 153 Å². The minimum Gasteiger partial charge on any atom is -0.361 e. The summed E-state index contributed by atoms with van der Waals surface area (Å²) in [6, 6.07) is 9.85. The van der Waals surface area contributed by atoms with Gasteiger partial charge in [-0.3, -0.25) is 0 Å². The number of nitrogens with one attached hydrogen (secondary N) is 2. The van der Waals surface area contributed by atoms with Crippen LogP contribution >= 0.6 is 11.6 Å². The van der Waals surface area contributed by atoms with E-state index in [1.165, 1.54) is 29.2 Å². The lowest BCUT2D eigenvalue weighted by Gasteiger charge is -2.09. The van der Waals surface area contributed by atoms with Gasteiger partial charge in [0.05, 0.1) is 5.02 Å². The van der Waals surface area contributed by atoms with Crippen molar-refractivity contribution in [1.29, 1.82) is 0 Å². The number of aryl methyl sites for hydroxylation is 2. The molecule has 3 rings (SSSR count). The van der Waals surface area contributed by atoms with Gasteiger partial charge in [-0.15, -0.1) is 0 Å². The molecule has 0 spiro atoms. The zero-order valence-electron chi connectivity index (χ0n) is 14.8. The number of hydrogen-bond donors (Lipinski definition) is 2. The van der Waals surface area contributed by atoms with E-state index in [1.807, 2.05) is 6.20 Å². The zero-order valence-corrected chi connectivity index (χ0v) is 15.5. The van der Waals surface area contributed by atoms with Crippen LogP contribution in [0, 0.1) is 12.7 Å². The van der Waals surface area contributed by atoms with Crippen LogP contribution < -0.4 is 5.32 Å². The molecule has 0 radical (unpaired) electrons. The van der Waals surface area contributed by atoms with Crippen LogP contribution in [0.4, 0.5) is 4.39 Å². The molecule has 1 heterocycles. The highest BCUT2D eigenvalue weighted by atomic mass is 35.5. The molecule has 25 heavy (non-hydrogen) atoms. The molecule has 0 atom stereocenters. The van der Waals surface area contributed by atoms with E-state index in [2.05, 4.69) is 42.3 Å². The molecule has 0 saturated heterocycles. The molecule has 2 nitrogen and oxygen atoms in total. The molecular formula is C21H24ClFN2. The number of H-pyrrole nitrogens is 1. The van der Waals surface area contributed by atoms with E-state index >= 15 is 0 Å². The highest BCUT2D eigenvalue weighted by Gasteiger charge is 2.08. The van der Waals surface area contributed by atoms with Crippen LogP contribution in [0.15, 0.2) is 36.5 Å². The molecule has 0 bridgehead atoms. The maximum Gasteiger partial charge on any atom is 0.142 e. The normalized spacial score (nSPS) is 11.4. The minimum atomic E-state index is -0.369. The van der Waals surface area contributed by atoms with Gasteiger partial charge >= 0.3 is 0 Å². The summed E-state index contributed by atoms with van der Waals surface area (Å²) in [7, 11) is 0. The quantitative estimate of drug-likeness (QED) is 0.532. The second kappa shape index (κ2) is 8.03. The molecule has 0 amide bonds. The van der Waals surface area contributed by atoms with E-state index in [0.717, 1.165) is 42.4 Å². The Hall–Kier alpha value is -1.84. The Morgan fingerprint density at radius 3 is 2.76 bits per heavy atom. The van der Waals surface area contributed by atoms with Crippen LogP contribution in [-0.2, 0) is 19.4 Å². The molecule has 2 N–H and O–H groups in total. The van der Waals surface area contributed by atoms with E-state index in [1.54, 1.807) is 6.07 Å². The summed E-state index contributed by atoms with van der Waals surface area (Å²) in [4.78, 5) is 3.16. The largest absolute Gasteiger partial charge is 0.361 e. The summed E-state index contributed by atoms with van der Waals surface area (Å²) in [6.07, 6.45) is 5.07. The predicted molar refractivity (Wildman–Crippen MR) is 104 cm³/mol. The molecule has 3 aromatic rings. The number of aromatic nitrogens is 1. The summed E-state index contributed by atoms with van der Waals surface area (Å²) in [5.41, 5.74) is 6.10. The van der Waals surface area contributed by atoms with Gasteiger partial charge in [-0.1, -0.05) is 43.1 Å². The fourth-order valence-electron chi connectivity index (χ4n) is 3.21. The summed E-state index contributed by atoms with van der Waals surface area (Å²) in [5, 5.41) is 4.55. The Bertz CT molecular complexity index is 870. The van der Waals surface area contributed by atoms with Gasteiger partial charge in [0.2, 0.25) is 0 Å². The van der Waals surface area contributed by atoms with Crippen molar-refractivity contribution in [3.8, 4) is 0 Å². The smallest absolute Gasteiger partial charge is 0.142 e. The van der Waals surface area contributed by atoms with Gasteiger partial charge in [0, 0.05) is 23.6 Å². The molecule has 4 heteroatoms. The zero-order chi connectivity index (χ0) is 17.8. The molecule has 1 aromatic heterocycles. The summed E-state index contributed by atoms with van der Waals surface area (Å²) in [6.45, 7) is 6.07. The predicted octanol–water partition coefficient (Wildman–Crippen LogP) is 5.55.